The van der Waals surface area contributed by atoms with Crippen molar-refractivity contribution in [2.75, 3.05) is 0 Å². The van der Waals surface area contributed by atoms with Crippen LogP contribution in [-0.2, 0) is 16.1 Å². The summed E-state index contributed by atoms with van der Waals surface area (Å²) in [5, 5.41) is 10.4. The first-order valence-corrected chi connectivity index (χ1v) is 4.13. The Morgan fingerprint density at radius 1 is 1.62 bits per heavy atom. The zero-order chi connectivity index (χ0) is 9.84. The first kappa shape index (κ1) is 9.79. The minimum atomic E-state index is -1.50. The van der Waals surface area contributed by atoms with E-state index in [4.69, 9.17) is 9.52 Å². The van der Waals surface area contributed by atoms with Crippen molar-refractivity contribution in [3.05, 3.63) is 22.6 Å². The van der Waals surface area contributed by atoms with Crippen LogP contribution in [0.5, 0.6) is 0 Å². The van der Waals surface area contributed by atoms with E-state index in [0.717, 1.165) is 0 Å². The van der Waals surface area contributed by atoms with E-state index >= 15 is 0 Å². The predicted molar refractivity (Wildman–Crippen MR) is 45.9 cm³/mol. The van der Waals surface area contributed by atoms with Crippen LogP contribution in [0, 0.1) is 0 Å². The van der Waals surface area contributed by atoms with Gasteiger partial charge in [-0.15, -0.1) is 0 Å². The maximum absolute atomic E-state index is 10.6. The number of carbonyl (C=O) groups is 2. The molecule has 13 heavy (non-hydrogen) atoms. The number of nitrogens with one attached hydrogen (secondary N) is 1. The minimum absolute atomic E-state index is 0.139. The van der Waals surface area contributed by atoms with Gasteiger partial charge < -0.3 is 14.8 Å². The van der Waals surface area contributed by atoms with E-state index in [2.05, 4.69) is 21.2 Å². The molecule has 1 amide bonds. The van der Waals surface area contributed by atoms with E-state index in [1.54, 1.807) is 6.07 Å². The van der Waals surface area contributed by atoms with Crippen molar-refractivity contribution in [2.24, 2.45) is 0 Å². The number of hydrogen-bond acceptors (Lipinski definition) is 3. The summed E-state index contributed by atoms with van der Waals surface area (Å²) in [4.78, 5) is 20.7. The van der Waals surface area contributed by atoms with Gasteiger partial charge in [0.1, 0.15) is 0 Å². The lowest BCUT2D eigenvalue weighted by Crippen LogP contribution is -2.29. The molecule has 2 N–H and O–H groups in total. The molecule has 1 aromatic rings. The lowest BCUT2D eigenvalue weighted by molar-refractivity contribution is -0.150. The van der Waals surface area contributed by atoms with Gasteiger partial charge in [0.15, 0.2) is 4.67 Å². The molecule has 70 valence electrons. The molecule has 1 aromatic heterocycles. The average molecular weight is 248 g/mol. The van der Waals surface area contributed by atoms with Crippen molar-refractivity contribution < 1.29 is 19.1 Å². The number of carbonyl (C=O) groups excluding carboxylic acids is 1. The third-order valence-corrected chi connectivity index (χ3v) is 1.68. The largest absolute Gasteiger partial charge is 0.474 e. The first-order valence-electron chi connectivity index (χ1n) is 3.33. The van der Waals surface area contributed by atoms with E-state index in [9.17, 15) is 9.59 Å². The summed E-state index contributed by atoms with van der Waals surface area (Å²) in [6.45, 7) is 0.139. The Morgan fingerprint density at radius 3 is 2.77 bits per heavy atom. The van der Waals surface area contributed by atoms with Crippen LogP contribution >= 0.6 is 15.9 Å². The smallest absolute Gasteiger partial charge is 0.394 e. The molecule has 0 atom stereocenters. The number of carboxylic acid groups (broad SMARTS) is 1. The number of halogens is 1. The van der Waals surface area contributed by atoms with Crippen molar-refractivity contribution >= 4 is 27.8 Å². The number of amides is 1. The van der Waals surface area contributed by atoms with Crippen LogP contribution in [0.3, 0.4) is 0 Å². The van der Waals surface area contributed by atoms with Crippen LogP contribution in [0.25, 0.3) is 0 Å². The third kappa shape index (κ3) is 2.90. The highest BCUT2D eigenvalue weighted by Gasteiger charge is 2.10. The molecule has 6 heteroatoms. The van der Waals surface area contributed by atoms with Gasteiger partial charge in [-0.2, -0.15) is 0 Å². The van der Waals surface area contributed by atoms with Crippen molar-refractivity contribution in [2.45, 2.75) is 6.54 Å². The van der Waals surface area contributed by atoms with E-state index in [-0.39, 0.29) is 6.54 Å². The second kappa shape index (κ2) is 4.08. The Bertz CT molecular complexity index is 333. The van der Waals surface area contributed by atoms with Gasteiger partial charge in [0.2, 0.25) is 0 Å². The highest BCUT2D eigenvalue weighted by atomic mass is 79.9. The van der Waals surface area contributed by atoms with Gasteiger partial charge in [0, 0.05) is 12.1 Å². The summed E-state index contributed by atoms with van der Waals surface area (Å²) in [5.41, 5.74) is 0.696. The number of aliphatic carboxylic acids is 1. The lowest BCUT2D eigenvalue weighted by atomic mass is 10.3. The summed E-state index contributed by atoms with van der Waals surface area (Å²) in [6, 6.07) is 1.64. The van der Waals surface area contributed by atoms with Gasteiger partial charge in [-0.1, -0.05) is 0 Å². The molecule has 0 bridgehead atoms. The average Bonchev–Trinajstić information content (AvgIpc) is 2.47. The van der Waals surface area contributed by atoms with Crippen LogP contribution in [0.1, 0.15) is 5.56 Å². The molecular formula is C7H6BrNO4. The second-order valence-corrected chi connectivity index (χ2v) is 3.03. The number of rotatable bonds is 2. The third-order valence-electron chi connectivity index (χ3n) is 1.27. The topological polar surface area (TPSA) is 79.5 Å². The van der Waals surface area contributed by atoms with Gasteiger partial charge >= 0.3 is 11.9 Å². The zero-order valence-electron chi connectivity index (χ0n) is 6.41. The standard InChI is InChI=1S/C7H6BrNO4/c8-5-1-4(3-13-5)2-9-6(10)7(11)12/h1,3H,2H2,(H,9,10)(H,11,12). The van der Waals surface area contributed by atoms with Gasteiger partial charge in [-0.05, 0) is 22.0 Å². The normalized spacial score (nSPS) is 9.62. The molecule has 1 rings (SSSR count). The van der Waals surface area contributed by atoms with Crippen molar-refractivity contribution in [1.82, 2.24) is 5.32 Å². The van der Waals surface area contributed by atoms with Crippen LogP contribution in [0.15, 0.2) is 21.4 Å². The molecule has 0 unspecified atom stereocenters. The molecule has 0 aliphatic carbocycles. The Kier molecular flexibility index (Phi) is 3.07. The predicted octanol–water partition coefficient (Wildman–Crippen LogP) is 0.743. The molecule has 0 aliphatic heterocycles. The molecule has 0 aromatic carbocycles. The summed E-state index contributed by atoms with van der Waals surface area (Å²) in [7, 11) is 0. The van der Waals surface area contributed by atoms with Crippen LogP contribution in [-0.4, -0.2) is 17.0 Å². The summed E-state index contributed by atoms with van der Waals surface area (Å²) >= 11 is 3.07. The first-order chi connectivity index (χ1) is 6.09. The van der Waals surface area contributed by atoms with Gasteiger partial charge in [-0.25, -0.2) is 4.79 Å². The Labute approximate surface area is 81.9 Å². The molecule has 0 aliphatic rings. The SMILES string of the molecule is O=C(O)C(=O)NCc1coc(Br)c1. The highest BCUT2D eigenvalue weighted by molar-refractivity contribution is 9.10. The second-order valence-electron chi connectivity index (χ2n) is 2.25. The van der Waals surface area contributed by atoms with Crippen molar-refractivity contribution in [3.8, 4) is 0 Å². The molecule has 1 heterocycles. The summed E-state index contributed by atoms with van der Waals surface area (Å²) in [6.07, 6.45) is 1.42. The maximum atomic E-state index is 10.6. The van der Waals surface area contributed by atoms with Crippen LogP contribution < -0.4 is 5.32 Å². The molecule has 0 saturated carbocycles. The fourth-order valence-corrected chi connectivity index (χ4v) is 1.08. The Morgan fingerprint density at radius 2 is 2.31 bits per heavy atom. The molecule has 0 saturated heterocycles. The van der Waals surface area contributed by atoms with Gasteiger partial charge in [-0.3, -0.25) is 4.79 Å². The highest BCUT2D eigenvalue weighted by Crippen LogP contribution is 2.13. The van der Waals surface area contributed by atoms with Crippen LogP contribution in [0.4, 0.5) is 0 Å². The van der Waals surface area contributed by atoms with E-state index in [0.29, 0.717) is 10.2 Å². The monoisotopic (exact) mass is 247 g/mol. The Balaban J connectivity index is 2.44. The maximum Gasteiger partial charge on any atom is 0.394 e. The quantitative estimate of drug-likeness (QED) is 0.756. The summed E-state index contributed by atoms with van der Waals surface area (Å²) < 4.78 is 5.41. The fraction of sp³-hybridized carbons (Fsp3) is 0.143. The minimum Gasteiger partial charge on any atom is -0.474 e. The number of carboxylic acids is 1. The number of hydrogen-bond donors (Lipinski definition) is 2. The molecule has 0 spiro atoms. The van der Waals surface area contributed by atoms with Crippen molar-refractivity contribution in [3.63, 3.8) is 0 Å². The lowest BCUT2D eigenvalue weighted by Gasteiger charge is -1.96. The van der Waals surface area contributed by atoms with Crippen LogP contribution in [0.2, 0.25) is 0 Å². The molecular weight excluding hydrogens is 242 g/mol. The van der Waals surface area contributed by atoms with Gasteiger partial charge in [0.25, 0.3) is 0 Å². The van der Waals surface area contributed by atoms with Crippen molar-refractivity contribution in [1.29, 1.82) is 0 Å². The number of furan rings is 1. The van der Waals surface area contributed by atoms with E-state index in [1.807, 2.05) is 0 Å². The molecule has 5 nitrogen and oxygen atoms in total. The molecule has 0 fully saturated rings. The Hall–Kier alpha value is -1.30. The fourth-order valence-electron chi connectivity index (χ4n) is 0.696. The summed E-state index contributed by atoms with van der Waals surface area (Å²) in [5.74, 6) is -2.53. The molecule has 0 radical (unpaired) electrons. The van der Waals surface area contributed by atoms with E-state index < -0.39 is 11.9 Å². The zero-order valence-corrected chi connectivity index (χ0v) is 8.00. The van der Waals surface area contributed by atoms with Gasteiger partial charge in [0.05, 0.1) is 6.26 Å². The van der Waals surface area contributed by atoms with E-state index in [1.165, 1.54) is 6.26 Å².